The number of hydrogen-bond acceptors (Lipinski definition) is 2. The fourth-order valence-corrected chi connectivity index (χ4v) is 1.95. The van der Waals surface area contributed by atoms with Gasteiger partial charge in [-0.15, -0.1) is 0 Å². The summed E-state index contributed by atoms with van der Waals surface area (Å²) in [5.41, 5.74) is 2.16. The van der Waals surface area contributed by atoms with Crippen LogP contribution < -0.4 is 11.3 Å². The first-order valence-electron chi connectivity index (χ1n) is 8.29. The highest BCUT2D eigenvalue weighted by Gasteiger charge is 1.96. The maximum absolute atomic E-state index is 10.9. The largest absolute Gasteiger partial charge is 0.294 e. The van der Waals surface area contributed by atoms with Gasteiger partial charge in [-0.1, -0.05) is 75.5 Å². The first-order valence-corrected chi connectivity index (χ1v) is 8.29. The third kappa shape index (κ3) is 16.6. The van der Waals surface area contributed by atoms with E-state index in [1.54, 1.807) is 0 Å². The minimum atomic E-state index is -0.0616. The SMILES string of the molecule is CCCC/C=C/C=C/C=C/CCCCCCCC(=O)NN. The van der Waals surface area contributed by atoms with Gasteiger partial charge in [0.15, 0.2) is 0 Å². The second-order valence-corrected chi connectivity index (χ2v) is 5.26. The average Bonchev–Trinajstić information content (AvgIpc) is 2.50. The summed E-state index contributed by atoms with van der Waals surface area (Å²) in [4.78, 5) is 10.9. The molecule has 0 saturated heterocycles. The first-order chi connectivity index (χ1) is 10.3. The van der Waals surface area contributed by atoms with Crippen LogP contribution in [0.25, 0.3) is 0 Å². The van der Waals surface area contributed by atoms with Crippen molar-refractivity contribution < 1.29 is 4.79 Å². The van der Waals surface area contributed by atoms with E-state index in [2.05, 4.69) is 48.8 Å². The second kappa shape index (κ2) is 16.7. The van der Waals surface area contributed by atoms with Crippen LogP contribution in [0.1, 0.15) is 71.1 Å². The van der Waals surface area contributed by atoms with Crippen LogP contribution >= 0.6 is 0 Å². The van der Waals surface area contributed by atoms with Crippen molar-refractivity contribution in [1.29, 1.82) is 0 Å². The molecular weight excluding hydrogens is 260 g/mol. The maximum Gasteiger partial charge on any atom is 0.233 e. The van der Waals surface area contributed by atoms with Gasteiger partial charge in [0, 0.05) is 6.42 Å². The van der Waals surface area contributed by atoms with E-state index >= 15 is 0 Å². The van der Waals surface area contributed by atoms with Gasteiger partial charge in [0.2, 0.25) is 5.91 Å². The summed E-state index contributed by atoms with van der Waals surface area (Å²) in [6, 6.07) is 0. The van der Waals surface area contributed by atoms with E-state index in [-0.39, 0.29) is 5.91 Å². The molecule has 0 aliphatic rings. The summed E-state index contributed by atoms with van der Waals surface area (Å²) in [5, 5.41) is 0. The zero-order valence-corrected chi connectivity index (χ0v) is 13.5. The molecule has 1 amide bonds. The lowest BCUT2D eigenvalue weighted by Gasteiger charge is -2.00. The molecule has 0 bridgehead atoms. The Labute approximate surface area is 130 Å². The minimum Gasteiger partial charge on any atom is -0.294 e. The number of carbonyl (C=O) groups excluding carboxylic acids is 1. The molecule has 0 aliphatic carbocycles. The Kier molecular flexibility index (Phi) is 15.6. The molecule has 0 aromatic rings. The highest BCUT2D eigenvalue weighted by Crippen LogP contribution is 2.07. The van der Waals surface area contributed by atoms with Gasteiger partial charge in [-0.25, -0.2) is 5.84 Å². The van der Waals surface area contributed by atoms with E-state index in [0.717, 1.165) is 19.3 Å². The Bertz CT molecular complexity index is 319. The van der Waals surface area contributed by atoms with Gasteiger partial charge in [0.05, 0.1) is 0 Å². The number of hydrogen-bond donors (Lipinski definition) is 2. The van der Waals surface area contributed by atoms with Crippen molar-refractivity contribution in [3.05, 3.63) is 36.5 Å². The molecule has 0 unspecified atom stereocenters. The number of amides is 1. The van der Waals surface area contributed by atoms with Crippen molar-refractivity contribution in [1.82, 2.24) is 5.43 Å². The number of nitrogens with one attached hydrogen (secondary N) is 1. The standard InChI is InChI=1S/C18H32N2O/c1-2-3-4-5-6-7-8-9-10-11-12-13-14-15-16-17-18(21)20-19/h5-10H,2-4,11-17,19H2,1H3,(H,20,21)/b6-5+,8-7+,10-9+. The molecule has 0 rings (SSSR count). The molecule has 3 N–H and O–H groups in total. The monoisotopic (exact) mass is 292 g/mol. The van der Waals surface area contributed by atoms with Crippen LogP contribution in [0.2, 0.25) is 0 Å². The van der Waals surface area contributed by atoms with Crippen LogP contribution in [0.3, 0.4) is 0 Å². The third-order valence-electron chi connectivity index (χ3n) is 3.27. The molecule has 0 aromatic heterocycles. The van der Waals surface area contributed by atoms with Gasteiger partial charge in [0.25, 0.3) is 0 Å². The molecule has 0 aliphatic heterocycles. The Morgan fingerprint density at radius 2 is 1.43 bits per heavy atom. The smallest absolute Gasteiger partial charge is 0.233 e. The Morgan fingerprint density at radius 1 is 0.857 bits per heavy atom. The summed E-state index contributed by atoms with van der Waals surface area (Å²) in [6.07, 6.45) is 24.0. The molecule has 0 fully saturated rings. The predicted octanol–water partition coefficient (Wildman–Crippen LogP) is 4.57. The second-order valence-electron chi connectivity index (χ2n) is 5.26. The lowest BCUT2D eigenvalue weighted by Crippen LogP contribution is -2.29. The zero-order valence-electron chi connectivity index (χ0n) is 13.5. The fourth-order valence-electron chi connectivity index (χ4n) is 1.95. The summed E-state index contributed by atoms with van der Waals surface area (Å²) < 4.78 is 0. The molecule has 0 atom stereocenters. The van der Waals surface area contributed by atoms with E-state index in [1.165, 1.54) is 38.5 Å². The van der Waals surface area contributed by atoms with Gasteiger partial charge >= 0.3 is 0 Å². The molecule has 0 radical (unpaired) electrons. The first kappa shape index (κ1) is 19.7. The van der Waals surface area contributed by atoms with E-state index < -0.39 is 0 Å². The Hall–Kier alpha value is -1.35. The van der Waals surface area contributed by atoms with Crippen molar-refractivity contribution >= 4 is 5.91 Å². The summed E-state index contributed by atoms with van der Waals surface area (Å²) in [6.45, 7) is 2.21. The van der Waals surface area contributed by atoms with Crippen molar-refractivity contribution in [2.24, 2.45) is 5.84 Å². The summed E-state index contributed by atoms with van der Waals surface area (Å²) in [7, 11) is 0. The van der Waals surface area contributed by atoms with Crippen molar-refractivity contribution in [3.8, 4) is 0 Å². The van der Waals surface area contributed by atoms with Crippen LogP contribution in [0, 0.1) is 0 Å². The Balaban J connectivity index is 3.30. The van der Waals surface area contributed by atoms with Crippen LogP contribution in [0.4, 0.5) is 0 Å². The number of carbonyl (C=O) groups is 1. The average molecular weight is 292 g/mol. The highest BCUT2D eigenvalue weighted by atomic mass is 16.2. The quantitative estimate of drug-likeness (QED) is 0.172. The molecule has 0 heterocycles. The molecule has 120 valence electrons. The number of nitrogens with two attached hydrogens (primary N) is 1. The summed E-state index contributed by atoms with van der Waals surface area (Å²) >= 11 is 0. The number of rotatable bonds is 13. The van der Waals surface area contributed by atoms with Crippen molar-refractivity contribution in [2.45, 2.75) is 71.1 Å². The lowest BCUT2D eigenvalue weighted by molar-refractivity contribution is -0.121. The number of allylic oxidation sites excluding steroid dienone is 6. The van der Waals surface area contributed by atoms with Crippen LogP contribution in [-0.2, 0) is 4.79 Å². The normalized spacial score (nSPS) is 11.9. The molecule has 3 heteroatoms. The Morgan fingerprint density at radius 3 is 2.05 bits per heavy atom. The third-order valence-corrected chi connectivity index (χ3v) is 3.27. The van der Waals surface area contributed by atoms with Crippen molar-refractivity contribution in [2.75, 3.05) is 0 Å². The van der Waals surface area contributed by atoms with Gasteiger partial charge < -0.3 is 0 Å². The van der Waals surface area contributed by atoms with Crippen LogP contribution in [-0.4, -0.2) is 5.91 Å². The molecule has 0 saturated carbocycles. The zero-order chi connectivity index (χ0) is 15.6. The minimum absolute atomic E-state index is 0.0616. The van der Waals surface area contributed by atoms with E-state index in [9.17, 15) is 4.79 Å². The number of unbranched alkanes of at least 4 members (excludes halogenated alkanes) is 7. The van der Waals surface area contributed by atoms with Gasteiger partial charge in [-0.2, -0.15) is 0 Å². The topological polar surface area (TPSA) is 55.1 Å². The maximum atomic E-state index is 10.9. The lowest BCUT2D eigenvalue weighted by atomic mass is 10.1. The molecule has 21 heavy (non-hydrogen) atoms. The summed E-state index contributed by atoms with van der Waals surface area (Å²) in [5.74, 6) is 4.95. The van der Waals surface area contributed by atoms with Crippen molar-refractivity contribution in [3.63, 3.8) is 0 Å². The molecule has 0 spiro atoms. The van der Waals surface area contributed by atoms with Gasteiger partial charge in [-0.05, 0) is 25.7 Å². The predicted molar refractivity (Wildman–Crippen MR) is 91.6 cm³/mol. The highest BCUT2D eigenvalue weighted by molar-refractivity contribution is 5.74. The molecule has 3 nitrogen and oxygen atoms in total. The molecule has 0 aromatic carbocycles. The van der Waals surface area contributed by atoms with Crippen LogP contribution in [0.15, 0.2) is 36.5 Å². The van der Waals surface area contributed by atoms with Gasteiger partial charge in [0.1, 0.15) is 0 Å². The fraction of sp³-hybridized carbons (Fsp3) is 0.611. The van der Waals surface area contributed by atoms with E-state index in [0.29, 0.717) is 6.42 Å². The van der Waals surface area contributed by atoms with E-state index in [1.807, 2.05) is 0 Å². The number of hydrazine groups is 1. The van der Waals surface area contributed by atoms with Crippen LogP contribution in [0.5, 0.6) is 0 Å². The molecular formula is C18H32N2O. The van der Waals surface area contributed by atoms with Gasteiger partial charge in [-0.3, -0.25) is 10.2 Å². The van der Waals surface area contributed by atoms with E-state index in [4.69, 9.17) is 5.84 Å².